The van der Waals surface area contributed by atoms with Crippen molar-refractivity contribution in [3.63, 3.8) is 0 Å². The summed E-state index contributed by atoms with van der Waals surface area (Å²) in [5.74, 6) is 1.43. The zero-order chi connectivity index (χ0) is 16.3. The van der Waals surface area contributed by atoms with Crippen LogP contribution in [-0.4, -0.2) is 33.5 Å². The molecule has 0 saturated carbocycles. The first kappa shape index (κ1) is 15.1. The van der Waals surface area contributed by atoms with Gasteiger partial charge in [0.05, 0.1) is 0 Å². The predicted molar refractivity (Wildman–Crippen MR) is 83.5 cm³/mol. The van der Waals surface area contributed by atoms with Crippen LogP contribution in [0.1, 0.15) is 26.1 Å². The van der Waals surface area contributed by atoms with E-state index in [1.807, 2.05) is 13.8 Å². The van der Waals surface area contributed by atoms with E-state index in [0.717, 1.165) is 18.7 Å². The van der Waals surface area contributed by atoms with E-state index in [4.69, 9.17) is 9.47 Å². The van der Waals surface area contributed by atoms with Crippen molar-refractivity contribution in [3.8, 4) is 11.5 Å². The van der Waals surface area contributed by atoms with Gasteiger partial charge in [-0.25, -0.2) is 9.78 Å². The van der Waals surface area contributed by atoms with Crippen LogP contribution in [0.15, 0.2) is 24.5 Å². The van der Waals surface area contributed by atoms with Crippen molar-refractivity contribution in [2.24, 2.45) is 0 Å². The smallest absolute Gasteiger partial charge is 0.319 e. The number of rotatable bonds is 5. The van der Waals surface area contributed by atoms with Gasteiger partial charge in [0.25, 0.3) is 0 Å². The highest BCUT2D eigenvalue weighted by Crippen LogP contribution is 2.40. The molecule has 2 heterocycles. The molecule has 0 atom stereocenters. The van der Waals surface area contributed by atoms with Crippen LogP contribution in [-0.2, 0) is 6.42 Å². The fourth-order valence-corrected chi connectivity index (χ4v) is 2.28. The van der Waals surface area contributed by atoms with Gasteiger partial charge in [-0.2, -0.15) is 5.10 Å². The van der Waals surface area contributed by atoms with Gasteiger partial charge in [0.15, 0.2) is 11.5 Å². The molecule has 1 aromatic carbocycles. The fourth-order valence-electron chi connectivity index (χ4n) is 2.28. The molecule has 2 amide bonds. The van der Waals surface area contributed by atoms with E-state index in [-0.39, 0.29) is 6.03 Å². The molecule has 1 aliphatic heterocycles. The summed E-state index contributed by atoms with van der Waals surface area (Å²) in [4.78, 5) is 15.9. The Morgan fingerprint density at radius 1 is 1.30 bits per heavy atom. The molecule has 2 aromatic rings. The lowest BCUT2D eigenvalue weighted by Crippen LogP contribution is -2.30. The first-order chi connectivity index (χ1) is 11.0. The summed E-state index contributed by atoms with van der Waals surface area (Å²) in [7, 11) is 0. The molecule has 0 bridgehead atoms. The van der Waals surface area contributed by atoms with Crippen molar-refractivity contribution in [2.75, 3.05) is 11.9 Å². The number of aryl methyl sites for hydroxylation is 1. The van der Waals surface area contributed by atoms with Crippen molar-refractivity contribution in [1.82, 2.24) is 20.5 Å². The van der Waals surface area contributed by atoms with Crippen molar-refractivity contribution in [2.45, 2.75) is 32.5 Å². The number of fused-ring (bicyclic) bond motifs is 1. The van der Waals surface area contributed by atoms with Crippen molar-refractivity contribution >= 4 is 11.7 Å². The number of carbonyl (C=O) groups excluding carboxylic acids is 1. The summed E-state index contributed by atoms with van der Waals surface area (Å²) in [6.07, 6.45) is 2.98. The van der Waals surface area contributed by atoms with Crippen LogP contribution in [0, 0.1) is 0 Å². The Morgan fingerprint density at radius 3 is 2.91 bits per heavy atom. The van der Waals surface area contributed by atoms with E-state index < -0.39 is 5.79 Å². The molecular weight excluding hydrogens is 298 g/mol. The topological polar surface area (TPSA) is 101 Å². The Morgan fingerprint density at radius 2 is 2.13 bits per heavy atom. The van der Waals surface area contributed by atoms with Gasteiger partial charge in [-0.1, -0.05) is 0 Å². The highest BCUT2D eigenvalue weighted by molar-refractivity contribution is 5.89. The number of H-pyrrole nitrogens is 1. The highest BCUT2D eigenvalue weighted by atomic mass is 16.7. The molecule has 0 saturated heterocycles. The number of aromatic amines is 1. The summed E-state index contributed by atoms with van der Waals surface area (Å²) >= 11 is 0. The Labute approximate surface area is 133 Å². The summed E-state index contributed by atoms with van der Waals surface area (Å²) in [6.45, 7) is 4.22. The summed E-state index contributed by atoms with van der Waals surface area (Å²) in [6, 6.07) is 5.04. The number of amides is 2. The molecule has 8 nitrogen and oxygen atoms in total. The summed E-state index contributed by atoms with van der Waals surface area (Å²) < 4.78 is 11.3. The number of urea groups is 1. The van der Waals surface area contributed by atoms with E-state index in [1.165, 1.54) is 6.33 Å². The van der Waals surface area contributed by atoms with Crippen LogP contribution >= 0.6 is 0 Å². The van der Waals surface area contributed by atoms with E-state index in [0.29, 0.717) is 23.7 Å². The van der Waals surface area contributed by atoms with Crippen LogP contribution in [0.5, 0.6) is 11.5 Å². The number of hydrogen-bond donors (Lipinski definition) is 3. The quantitative estimate of drug-likeness (QED) is 0.733. The third-order valence-electron chi connectivity index (χ3n) is 3.25. The van der Waals surface area contributed by atoms with E-state index in [2.05, 4.69) is 25.8 Å². The molecule has 0 aliphatic carbocycles. The number of nitrogens with zero attached hydrogens (tertiary/aromatic N) is 2. The SMILES string of the molecule is CC1(C)Oc2ccc(NC(=O)NCCCc3ncn[nH]3)cc2O1. The minimum absolute atomic E-state index is 0.263. The number of ether oxygens (including phenoxy) is 2. The minimum Gasteiger partial charge on any atom is -0.449 e. The first-order valence-electron chi connectivity index (χ1n) is 7.43. The van der Waals surface area contributed by atoms with Gasteiger partial charge in [-0.3, -0.25) is 5.10 Å². The second-order valence-electron chi connectivity index (χ2n) is 5.68. The molecular formula is C15H19N5O3. The fraction of sp³-hybridized carbons (Fsp3) is 0.400. The molecule has 8 heteroatoms. The minimum atomic E-state index is -0.677. The average Bonchev–Trinajstić information content (AvgIpc) is 3.09. The number of benzene rings is 1. The molecule has 1 aromatic heterocycles. The Balaban J connectivity index is 1.45. The van der Waals surface area contributed by atoms with Crippen LogP contribution in [0.4, 0.5) is 10.5 Å². The summed E-state index contributed by atoms with van der Waals surface area (Å²) in [5.41, 5.74) is 0.651. The maximum absolute atomic E-state index is 11.9. The summed E-state index contributed by atoms with van der Waals surface area (Å²) in [5, 5.41) is 12.1. The van der Waals surface area contributed by atoms with Crippen molar-refractivity contribution < 1.29 is 14.3 Å². The molecule has 0 unspecified atom stereocenters. The third kappa shape index (κ3) is 3.91. The molecule has 0 spiro atoms. The van der Waals surface area contributed by atoms with Gasteiger partial charge in [0.2, 0.25) is 5.79 Å². The Bertz CT molecular complexity index is 684. The van der Waals surface area contributed by atoms with Crippen molar-refractivity contribution in [1.29, 1.82) is 0 Å². The largest absolute Gasteiger partial charge is 0.449 e. The Kier molecular flexibility index (Phi) is 4.05. The van der Waals surface area contributed by atoms with Crippen LogP contribution in [0.2, 0.25) is 0 Å². The lowest BCUT2D eigenvalue weighted by Gasteiger charge is -2.16. The zero-order valence-electron chi connectivity index (χ0n) is 13.0. The third-order valence-corrected chi connectivity index (χ3v) is 3.25. The molecule has 1 aliphatic rings. The number of nitrogens with one attached hydrogen (secondary N) is 3. The molecule has 122 valence electrons. The van der Waals surface area contributed by atoms with Crippen LogP contribution < -0.4 is 20.1 Å². The standard InChI is InChI=1S/C15H19N5O3/c1-15(2)22-11-6-5-10(8-12(11)23-15)19-14(21)16-7-3-4-13-17-9-18-20-13/h5-6,8-9H,3-4,7H2,1-2H3,(H2,16,19,21)(H,17,18,20). The number of carbonyl (C=O) groups is 1. The monoisotopic (exact) mass is 317 g/mol. The van der Waals surface area contributed by atoms with E-state index in [1.54, 1.807) is 18.2 Å². The number of hydrogen-bond acceptors (Lipinski definition) is 5. The Hall–Kier alpha value is -2.77. The molecule has 0 fully saturated rings. The van der Waals surface area contributed by atoms with Gasteiger partial charge in [0, 0.05) is 38.6 Å². The number of aromatic nitrogens is 3. The van der Waals surface area contributed by atoms with Gasteiger partial charge < -0.3 is 20.1 Å². The molecule has 23 heavy (non-hydrogen) atoms. The first-order valence-corrected chi connectivity index (χ1v) is 7.43. The zero-order valence-corrected chi connectivity index (χ0v) is 13.0. The van der Waals surface area contributed by atoms with E-state index >= 15 is 0 Å². The predicted octanol–water partition coefficient (Wildman–Crippen LogP) is 2.07. The van der Waals surface area contributed by atoms with Crippen LogP contribution in [0.25, 0.3) is 0 Å². The van der Waals surface area contributed by atoms with Gasteiger partial charge in [-0.15, -0.1) is 0 Å². The maximum atomic E-state index is 11.9. The molecule has 3 N–H and O–H groups in total. The van der Waals surface area contributed by atoms with E-state index in [9.17, 15) is 4.79 Å². The lowest BCUT2D eigenvalue weighted by atomic mass is 10.3. The average molecular weight is 317 g/mol. The molecule has 3 rings (SSSR count). The van der Waals surface area contributed by atoms with Gasteiger partial charge >= 0.3 is 6.03 Å². The van der Waals surface area contributed by atoms with Gasteiger partial charge in [0.1, 0.15) is 12.2 Å². The lowest BCUT2D eigenvalue weighted by molar-refractivity contribution is -0.0431. The highest BCUT2D eigenvalue weighted by Gasteiger charge is 2.31. The second-order valence-corrected chi connectivity index (χ2v) is 5.68. The normalized spacial score (nSPS) is 14.5. The maximum Gasteiger partial charge on any atom is 0.319 e. The second kappa shape index (κ2) is 6.15. The number of anilines is 1. The molecule has 0 radical (unpaired) electrons. The van der Waals surface area contributed by atoms with Crippen LogP contribution in [0.3, 0.4) is 0 Å². The van der Waals surface area contributed by atoms with Gasteiger partial charge in [-0.05, 0) is 18.6 Å². The van der Waals surface area contributed by atoms with Crippen molar-refractivity contribution in [3.05, 3.63) is 30.4 Å².